The van der Waals surface area contributed by atoms with E-state index in [0.29, 0.717) is 28.9 Å². The molecule has 1 aromatic carbocycles. The zero-order valence-electron chi connectivity index (χ0n) is 13.8. The molecule has 1 aliphatic carbocycles. The lowest BCUT2D eigenvalue weighted by molar-refractivity contribution is -0.122. The first kappa shape index (κ1) is 17.1. The summed E-state index contributed by atoms with van der Waals surface area (Å²) in [7, 11) is 0. The molecule has 1 aliphatic heterocycles. The van der Waals surface area contributed by atoms with Gasteiger partial charge in [0, 0.05) is 37.9 Å². The van der Waals surface area contributed by atoms with Gasteiger partial charge in [-0.1, -0.05) is 6.07 Å². The lowest BCUT2D eigenvalue weighted by atomic mass is 10.2. The second-order valence-electron chi connectivity index (χ2n) is 6.50. The largest absolute Gasteiger partial charge is 0.352 e. The molecule has 1 saturated heterocycles. The van der Waals surface area contributed by atoms with Crippen LogP contribution in [0.5, 0.6) is 0 Å². The van der Waals surface area contributed by atoms with Crippen molar-refractivity contribution >= 4 is 28.9 Å². The molecule has 2 N–H and O–H groups in total. The molecule has 0 aromatic heterocycles. The second kappa shape index (κ2) is 7.44. The molecule has 0 spiro atoms. The Morgan fingerprint density at radius 3 is 2.62 bits per heavy atom. The van der Waals surface area contributed by atoms with E-state index in [2.05, 4.69) is 20.4 Å². The Balaban J connectivity index is 1.44. The van der Waals surface area contributed by atoms with Crippen molar-refractivity contribution in [1.82, 2.24) is 15.1 Å². The quantitative estimate of drug-likeness (QED) is 0.810. The Morgan fingerprint density at radius 1 is 1.29 bits per heavy atom. The van der Waals surface area contributed by atoms with Crippen LogP contribution in [0.1, 0.15) is 18.4 Å². The fourth-order valence-electron chi connectivity index (χ4n) is 2.69. The van der Waals surface area contributed by atoms with E-state index >= 15 is 0 Å². The van der Waals surface area contributed by atoms with E-state index in [1.165, 1.54) is 6.07 Å². The van der Waals surface area contributed by atoms with Gasteiger partial charge in [0.2, 0.25) is 5.91 Å². The van der Waals surface area contributed by atoms with Crippen LogP contribution in [-0.4, -0.2) is 59.6 Å². The highest BCUT2D eigenvalue weighted by atomic mass is 32.1. The van der Waals surface area contributed by atoms with Gasteiger partial charge < -0.3 is 15.5 Å². The number of anilines is 1. The van der Waals surface area contributed by atoms with Crippen LogP contribution < -0.4 is 10.6 Å². The molecule has 24 heavy (non-hydrogen) atoms. The smallest absolute Gasteiger partial charge is 0.234 e. The van der Waals surface area contributed by atoms with Crippen LogP contribution >= 0.6 is 12.2 Å². The van der Waals surface area contributed by atoms with E-state index in [4.69, 9.17) is 12.2 Å². The monoisotopic (exact) mass is 350 g/mol. The number of nitrogens with one attached hydrogen (secondary N) is 2. The van der Waals surface area contributed by atoms with E-state index in [-0.39, 0.29) is 11.7 Å². The van der Waals surface area contributed by atoms with Gasteiger partial charge in [0.15, 0.2) is 5.11 Å². The third-order valence-corrected chi connectivity index (χ3v) is 4.75. The Kier molecular flexibility index (Phi) is 5.30. The molecule has 1 heterocycles. The van der Waals surface area contributed by atoms with E-state index < -0.39 is 0 Å². The number of piperazine rings is 1. The third-order valence-electron chi connectivity index (χ3n) is 4.39. The fraction of sp³-hybridized carbons (Fsp3) is 0.529. The van der Waals surface area contributed by atoms with Gasteiger partial charge in [-0.25, -0.2) is 4.39 Å². The molecule has 3 rings (SSSR count). The number of halogens is 1. The molecular formula is C17H23FN4OS. The summed E-state index contributed by atoms with van der Waals surface area (Å²) in [6.07, 6.45) is 2.22. The van der Waals surface area contributed by atoms with E-state index in [0.717, 1.165) is 39.0 Å². The van der Waals surface area contributed by atoms with Gasteiger partial charge in [0.1, 0.15) is 5.82 Å². The Labute approximate surface area is 147 Å². The average Bonchev–Trinajstić information content (AvgIpc) is 3.35. The van der Waals surface area contributed by atoms with Crippen molar-refractivity contribution in [3.05, 3.63) is 29.6 Å². The van der Waals surface area contributed by atoms with Crippen LogP contribution in [0, 0.1) is 12.7 Å². The molecular weight excluding hydrogens is 327 g/mol. The number of carbonyl (C=O) groups excluding carboxylic acids is 1. The zero-order chi connectivity index (χ0) is 17.1. The maximum atomic E-state index is 13.6. The van der Waals surface area contributed by atoms with Gasteiger partial charge in [-0.2, -0.15) is 0 Å². The summed E-state index contributed by atoms with van der Waals surface area (Å²) in [5, 5.41) is 6.70. The number of rotatable bonds is 4. The number of aryl methyl sites for hydroxylation is 1. The highest BCUT2D eigenvalue weighted by Gasteiger charge is 2.25. The van der Waals surface area contributed by atoms with Crippen molar-refractivity contribution in [2.45, 2.75) is 25.8 Å². The normalized spacial score (nSPS) is 18.3. The maximum Gasteiger partial charge on any atom is 0.234 e. The first-order valence-corrected chi connectivity index (χ1v) is 8.76. The summed E-state index contributed by atoms with van der Waals surface area (Å²) < 4.78 is 13.6. The number of benzene rings is 1. The number of nitrogens with zero attached hydrogens (tertiary/aromatic N) is 2. The minimum Gasteiger partial charge on any atom is -0.352 e. The van der Waals surface area contributed by atoms with Crippen LogP contribution in [0.2, 0.25) is 0 Å². The Bertz CT molecular complexity index is 627. The molecule has 1 aromatic rings. The number of carbonyl (C=O) groups is 1. The first-order valence-electron chi connectivity index (χ1n) is 8.35. The molecule has 130 valence electrons. The molecule has 5 nitrogen and oxygen atoms in total. The molecule has 0 unspecified atom stereocenters. The van der Waals surface area contributed by atoms with Gasteiger partial charge in [0.05, 0.1) is 6.54 Å². The first-order chi connectivity index (χ1) is 11.5. The van der Waals surface area contributed by atoms with Crippen molar-refractivity contribution in [2.24, 2.45) is 0 Å². The van der Waals surface area contributed by atoms with E-state index in [1.807, 2.05) is 6.07 Å². The number of thiocarbonyl (C=S) groups is 1. The van der Waals surface area contributed by atoms with Crippen molar-refractivity contribution in [3.63, 3.8) is 0 Å². The Hall–Kier alpha value is -1.73. The standard InChI is InChI=1S/C17H23FN4OS/c1-12-2-3-14(10-15(12)18)20-17(24)22-8-6-21(7-9-22)11-16(23)19-13-4-5-13/h2-3,10,13H,4-9,11H2,1H3,(H,19,23)(H,20,24). The highest BCUT2D eigenvalue weighted by Crippen LogP contribution is 2.18. The average molecular weight is 350 g/mol. The summed E-state index contributed by atoms with van der Waals surface area (Å²) in [5.41, 5.74) is 1.28. The molecule has 0 atom stereocenters. The lowest BCUT2D eigenvalue weighted by Gasteiger charge is -2.35. The second-order valence-corrected chi connectivity index (χ2v) is 6.89. The fourth-order valence-corrected chi connectivity index (χ4v) is 2.99. The van der Waals surface area contributed by atoms with Gasteiger partial charge in [-0.3, -0.25) is 9.69 Å². The van der Waals surface area contributed by atoms with Gasteiger partial charge in [-0.15, -0.1) is 0 Å². The molecule has 1 amide bonds. The molecule has 0 bridgehead atoms. The third kappa shape index (κ3) is 4.64. The topological polar surface area (TPSA) is 47.6 Å². The van der Waals surface area contributed by atoms with Crippen molar-refractivity contribution < 1.29 is 9.18 Å². The van der Waals surface area contributed by atoms with E-state index in [9.17, 15) is 9.18 Å². The van der Waals surface area contributed by atoms with Crippen LogP contribution in [-0.2, 0) is 4.79 Å². The predicted octanol–water partition coefficient (Wildman–Crippen LogP) is 1.73. The van der Waals surface area contributed by atoms with Crippen LogP contribution in [0.15, 0.2) is 18.2 Å². The molecule has 2 aliphatic rings. The van der Waals surface area contributed by atoms with Gasteiger partial charge in [0.25, 0.3) is 0 Å². The minimum absolute atomic E-state index is 0.113. The molecule has 7 heteroatoms. The van der Waals surface area contributed by atoms with Crippen LogP contribution in [0.4, 0.5) is 10.1 Å². The van der Waals surface area contributed by atoms with Crippen LogP contribution in [0.25, 0.3) is 0 Å². The highest BCUT2D eigenvalue weighted by molar-refractivity contribution is 7.80. The molecule has 0 radical (unpaired) electrons. The molecule has 1 saturated carbocycles. The minimum atomic E-state index is -0.241. The van der Waals surface area contributed by atoms with Crippen LogP contribution in [0.3, 0.4) is 0 Å². The number of hydrogen-bond donors (Lipinski definition) is 2. The van der Waals surface area contributed by atoms with E-state index in [1.54, 1.807) is 13.0 Å². The maximum absolute atomic E-state index is 13.6. The number of hydrogen-bond acceptors (Lipinski definition) is 3. The number of amides is 1. The SMILES string of the molecule is Cc1ccc(NC(=S)N2CCN(CC(=O)NC3CC3)CC2)cc1F. The summed E-state index contributed by atoms with van der Waals surface area (Å²) in [6, 6.07) is 5.42. The summed E-state index contributed by atoms with van der Waals surface area (Å²) in [5.74, 6) is -0.129. The van der Waals surface area contributed by atoms with Crippen molar-refractivity contribution in [2.75, 3.05) is 38.0 Å². The summed E-state index contributed by atoms with van der Waals surface area (Å²) in [4.78, 5) is 16.0. The Morgan fingerprint density at radius 2 is 2.00 bits per heavy atom. The molecule has 2 fully saturated rings. The predicted molar refractivity (Wildman–Crippen MR) is 96.5 cm³/mol. The van der Waals surface area contributed by atoms with Gasteiger partial charge in [-0.05, 0) is 49.7 Å². The zero-order valence-corrected chi connectivity index (χ0v) is 14.7. The van der Waals surface area contributed by atoms with Gasteiger partial charge >= 0.3 is 0 Å². The van der Waals surface area contributed by atoms with Crippen molar-refractivity contribution in [1.29, 1.82) is 0 Å². The lowest BCUT2D eigenvalue weighted by Crippen LogP contribution is -2.52. The van der Waals surface area contributed by atoms with Crippen molar-refractivity contribution in [3.8, 4) is 0 Å². The summed E-state index contributed by atoms with van der Waals surface area (Å²) >= 11 is 5.42. The summed E-state index contributed by atoms with van der Waals surface area (Å²) in [6.45, 7) is 5.29.